The number of benzene rings is 1. The molecule has 0 aliphatic carbocycles. The van der Waals surface area contributed by atoms with Gasteiger partial charge in [-0.1, -0.05) is 23.7 Å². The average molecular weight is 322 g/mol. The van der Waals surface area contributed by atoms with Gasteiger partial charge < -0.3 is 10.1 Å². The Labute approximate surface area is 123 Å². The Morgan fingerprint density at radius 1 is 1.05 bits per heavy atom. The summed E-state index contributed by atoms with van der Waals surface area (Å²) < 4.78 is 40.5. The summed E-state index contributed by atoms with van der Waals surface area (Å²) in [5.74, 6) is -0.216. The molecular formula is C13H11ClF3NOS. The lowest BCUT2D eigenvalue weighted by atomic mass is 10.2. The molecule has 0 atom stereocenters. The minimum absolute atomic E-state index is 0.216. The molecule has 1 aromatic carbocycles. The number of nitrogens with one attached hydrogen (secondary N) is 1. The predicted octanol–water partition coefficient (Wildman–Crippen LogP) is 4.59. The molecule has 20 heavy (non-hydrogen) atoms. The molecule has 0 saturated heterocycles. The van der Waals surface area contributed by atoms with E-state index in [2.05, 4.69) is 10.1 Å². The molecule has 2 nitrogen and oxygen atoms in total. The van der Waals surface area contributed by atoms with Crippen molar-refractivity contribution >= 4 is 22.9 Å². The summed E-state index contributed by atoms with van der Waals surface area (Å²) in [5.41, 5.74) is 0.877. The van der Waals surface area contributed by atoms with Crippen LogP contribution in [0, 0.1) is 0 Å². The molecule has 1 aromatic heterocycles. The molecule has 0 radical (unpaired) electrons. The monoisotopic (exact) mass is 321 g/mol. The van der Waals surface area contributed by atoms with Crippen LogP contribution >= 0.6 is 22.9 Å². The van der Waals surface area contributed by atoms with Gasteiger partial charge in [-0.25, -0.2) is 0 Å². The zero-order chi connectivity index (χ0) is 14.6. The van der Waals surface area contributed by atoms with Gasteiger partial charge in [0.1, 0.15) is 5.75 Å². The summed E-state index contributed by atoms with van der Waals surface area (Å²) >= 11 is 7.30. The second kappa shape index (κ2) is 6.47. The number of alkyl halides is 3. The van der Waals surface area contributed by atoms with E-state index in [1.807, 2.05) is 12.1 Å². The van der Waals surface area contributed by atoms with E-state index in [0.29, 0.717) is 13.1 Å². The molecule has 1 heterocycles. The molecule has 0 aliphatic rings. The summed E-state index contributed by atoms with van der Waals surface area (Å²) in [6, 6.07) is 9.54. The molecule has 0 aliphatic heterocycles. The highest BCUT2D eigenvalue weighted by Crippen LogP contribution is 2.23. The van der Waals surface area contributed by atoms with E-state index in [0.717, 1.165) is 14.8 Å². The van der Waals surface area contributed by atoms with E-state index < -0.39 is 6.36 Å². The zero-order valence-electron chi connectivity index (χ0n) is 10.2. The van der Waals surface area contributed by atoms with Crippen molar-refractivity contribution in [3.05, 3.63) is 51.2 Å². The third-order valence-electron chi connectivity index (χ3n) is 2.41. The summed E-state index contributed by atoms with van der Waals surface area (Å²) in [4.78, 5) is 1.10. The molecule has 7 heteroatoms. The van der Waals surface area contributed by atoms with Crippen LogP contribution in [-0.4, -0.2) is 6.36 Å². The van der Waals surface area contributed by atoms with Crippen LogP contribution in [0.2, 0.25) is 4.34 Å². The zero-order valence-corrected chi connectivity index (χ0v) is 11.8. The van der Waals surface area contributed by atoms with E-state index in [1.54, 1.807) is 12.1 Å². The highest BCUT2D eigenvalue weighted by atomic mass is 35.5. The van der Waals surface area contributed by atoms with Crippen LogP contribution in [-0.2, 0) is 13.1 Å². The van der Waals surface area contributed by atoms with Gasteiger partial charge in [0.25, 0.3) is 0 Å². The number of hydrogen-bond donors (Lipinski definition) is 1. The molecule has 0 unspecified atom stereocenters. The molecule has 1 N–H and O–H groups in total. The summed E-state index contributed by atoms with van der Waals surface area (Å²) in [6.07, 6.45) is -4.65. The Morgan fingerprint density at radius 2 is 1.75 bits per heavy atom. The Kier molecular flexibility index (Phi) is 4.91. The highest BCUT2D eigenvalue weighted by molar-refractivity contribution is 7.16. The first kappa shape index (κ1) is 15.2. The first-order chi connectivity index (χ1) is 9.42. The molecular weight excluding hydrogens is 311 g/mol. The summed E-state index contributed by atoms with van der Waals surface area (Å²) in [5, 5.41) is 3.19. The minimum Gasteiger partial charge on any atom is -0.406 e. The SMILES string of the molecule is FC(F)(F)Oc1ccc(CNCc2ccc(Cl)s2)cc1. The Hall–Kier alpha value is -1.24. The van der Waals surface area contributed by atoms with Gasteiger partial charge in [-0.05, 0) is 29.8 Å². The van der Waals surface area contributed by atoms with Crippen molar-refractivity contribution in [3.63, 3.8) is 0 Å². The Morgan fingerprint density at radius 3 is 2.30 bits per heavy atom. The van der Waals surface area contributed by atoms with Gasteiger partial charge >= 0.3 is 6.36 Å². The van der Waals surface area contributed by atoms with Crippen molar-refractivity contribution in [3.8, 4) is 5.75 Å². The number of thiophene rings is 1. The topological polar surface area (TPSA) is 21.3 Å². The van der Waals surface area contributed by atoms with Crippen LogP contribution in [0.25, 0.3) is 0 Å². The molecule has 0 fully saturated rings. The third kappa shape index (κ3) is 5.03. The molecule has 108 valence electrons. The van der Waals surface area contributed by atoms with E-state index in [4.69, 9.17) is 11.6 Å². The van der Waals surface area contributed by atoms with Crippen LogP contribution < -0.4 is 10.1 Å². The summed E-state index contributed by atoms with van der Waals surface area (Å²) in [6.45, 7) is 1.22. The fourth-order valence-corrected chi connectivity index (χ4v) is 2.64. The molecule has 0 amide bonds. The largest absolute Gasteiger partial charge is 0.573 e. The van der Waals surface area contributed by atoms with Gasteiger partial charge in [-0.15, -0.1) is 24.5 Å². The first-order valence-corrected chi connectivity index (χ1v) is 6.91. The molecule has 0 spiro atoms. The van der Waals surface area contributed by atoms with Crippen molar-refractivity contribution in [1.29, 1.82) is 0 Å². The predicted molar refractivity (Wildman–Crippen MR) is 73.0 cm³/mol. The second-order valence-corrected chi connectivity index (χ2v) is 5.80. The van der Waals surface area contributed by atoms with Gasteiger partial charge in [0, 0.05) is 18.0 Å². The third-order valence-corrected chi connectivity index (χ3v) is 3.65. The number of halogens is 4. The van der Waals surface area contributed by atoms with Crippen LogP contribution in [0.4, 0.5) is 13.2 Å². The maximum Gasteiger partial charge on any atom is 0.573 e. The van der Waals surface area contributed by atoms with Crippen molar-refractivity contribution < 1.29 is 17.9 Å². The maximum absolute atomic E-state index is 12.0. The quantitative estimate of drug-likeness (QED) is 0.869. The van der Waals surface area contributed by atoms with E-state index in [-0.39, 0.29) is 5.75 Å². The van der Waals surface area contributed by atoms with Crippen LogP contribution in [0.1, 0.15) is 10.4 Å². The van der Waals surface area contributed by atoms with Crippen molar-refractivity contribution in [2.75, 3.05) is 0 Å². The number of rotatable bonds is 5. The average Bonchev–Trinajstić information content (AvgIpc) is 2.75. The van der Waals surface area contributed by atoms with Crippen LogP contribution in [0.15, 0.2) is 36.4 Å². The van der Waals surface area contributed by atoms with Gasteiger partial charge in [0.2, 0.25) is 0 Å². The van der Waals surface area contributed by atoms with Crippen molar-refractivity contribution in [2.45, 2.75) is 19.5 Å². The fraction of sp³-hybridized carbons (Fsp3) is 0.231. The van der Waals surface area contributed by atoms with Gasteiger partial charge in [-0.2, -0.15) is 0 Å². The van der Waals surface area contributed by atoms with E-state index in [9.17, 15) is 13.2 Å². The normalized spacial score (nSPS) is 11.6. The molecule has 2 aromatic rings. The standard InChI is InChI=1S/C13H11ClF3NOS/c14-12-6-5-11(20-12)8-18-7-9-1-3-10(4-2-9)19-13(15,16)17/h1-6,18H,7-8H2. The Bertz CT molecular complexity index is 553. The Balaban J connectivity index is 1.82. The van der Waals surface area contributed by atoms with Crippen molar-refractivity contribution in [2.24, 2.45) is 0 Å². The van der Waals surface area contributed by atoms with Crippen LogP contribution in [0.3, 0.4) is 0 Å². The second-order valence-electron chi connectivity index (χ2n) is 4.00. The molecule has 0 bridgehead atoms. The fourth-order valence-electron chi connectivity index (χ4n) is 1.59. The smallest absolute Gasteiger partial charge is 0.406 e. The molecule has 2 rings (SSSR count). The minimum atomic E-state index is -4.65. The van der Waals surface area contributed by atoms with Gasteiger partial charge in [0.15, 0.2) is 0 Å². The van der Waals surface area contributed by atoms with Gasteiger partial charge in [-0.3, -0.25) is 0 Å². The van der Waals surface area contributed by atoms with Crippen molar-refractivity contribution in [1.82, 2.24) is 5.32 Å². The number of ether oxygens (including phenoxy) is 1. The molecule has 0 saturated carbocycles. The van der Waals surface area contributed by atoms with Gasteiger partial charge in [0.05, 0.1) is 4.34 Å². The van der Waals surface area contributed by atoms with Crippen LogP contribution in [0.5, 0.6) is 5.75 Å². The lowest BCUT2D eigenvalue weighted by Crippen LogP contribution is -2.17. The first-order valence-electron chi connectivity index (χ1n) is 5.72. The van der Waals surface area contributed by atoms with E-state index >= 15 is 0 Å². The lowest BCUT2D eigenvalue weighted by molar-refractivity contribution is -0.274. The summed E-state index contributed by atoms with van der Waals surface area (Å²) in [7, 11) is 0. The highest BCUT2D eigenvalue weighted by Gasteiger charge is 2.30. The maximum atomic E-state index is 12.0. The number of hydrogen-bond acceptors (Lipinski definition) is 3. The van der Waals surface area contributed by atoms with E-state index in [1.165, 1.54) is 23.5 Å². The lowest BCUT2D eigenvalue weighted by Gasteiger charge is -2.09.